The van der Waals surface area contributed by atoms with Crippen molar-refractivity contribution >= 4 is 24.2 Å². The molecule has 0 aliphatic carbocycles. The molecule has 0 fully saturated rings. The van der Waals surface area contributed by atoms with Crippen LogP contribution in [0.3, 0.4) is 0 Å². The van der Waals surface area contributed by atoms with Gasteiger partial charge in [0.05, 0.1) is 12.6 Å². The van der Waals surface area contributed by atoms with Crippen molar-refractivity contribution in [2.24, 2.45) is 22.4 Å². The first-order valence-corrected chi connectivity index (χ1v) is 9.60. The summed E-state index contributed by atoms with van der Waals surface area (Å²) in [5, 5.41) is 5.25. The minimum absolute atomic E-state index is 0.0243. The average molecular weight is 405 g/mol. The number of nitrogens with one attached hydrogen (secondary N) is 2. The number of rotatable bonds is 12. The van der Waals surface area contributed by atoms with Crippen molar-refractivity contribution in [3.63, 3.8) is 0 Å². The third-order valence-corrected chi connectivity index (χ3v) is 3.90. The predicted octanol–water partition coefficient (Wildman–Crippen LogP) is 0.717. The second-order valence-corrected chi connectivity index (χ2v) is 7.08. The number of carbonyl (C=O) groups is 3. The second kappa shape index (κ2) is 13.1. The Morgan fingerprint density at radius 2 is 1.86 bits per heavy atom. The van der Waals surface area contributed by atoms with E-state index < -0.39 is 24.1 Å². The van der Waals surface area contributed by atoms with Gasteiger partial charge in [-0.1, -0.05) is 44.2 Å². The molecule has 9 nitrogen and oxygen atoms in total. The van der Waals surface area contributed by atoms with Gasteiger partial charge >= 0.3 is 6.09 Å². The van der Waals surface area contributed by atoms with Crippen LogP contribution in [0.15, 0.2) is 35.3 Å². The molecule has 0 saturated heterocycles. The van der Waals surface area contributed by atoms with E-state index in [1.807, 2.05) is 44.2 Å². The lowest BCUT2D eigenvalue weighted by molar-refractivity contribution is -0.125. The van der Waals surface area contributed by atoms with Gasteiger partial charge in [0.1, 0.15) is 12.3 Å². The van der Waals surface area contributed by atoms with E-state index in [9.17, 15) is 14.4 Å². The lowest BCUT2D eigenvalue weighted by Crippen LogP contribution is -2.51. The number of alkyl carbamates (subject to hydrolysis) is 1. The summed E-state index contributed by atoms with van der Waals surface area (Å²) in [6, 6.07) is 7.68. The number of benzene rings is 1. The molecule has 0 saturated carbocycles. The molecule has 0 aliphatic heterocycles. The van der Waals surface area contributed by atoms with Gasteiger partial charge in [0.25, 0.3) is 0 Å². The van der Waals surface area contributed by atoms with Crippen LogP contribution in [-0.4, -0.2) is 49.5 Å². The lowest BCUT2D eigenvalue weighted by atomic mass is 10.0. The standard InChI is InChI=1S/C20H31N5O4/c1-14(2)13-29-20(28)25-17(11-15-7-4-3-5-8-15)18(27)24-16(12-26)9-6-10-23-19(21)22/h3-5,7-8,12,14,16-17H,6,9-11,13H2,1-2H3,(H,24,27)(H,25,28)(H4,21,22,23)/t16-,17-/m0/s1. The zero-order chi connectivity index (χ0) is 21.6. The first kappa shape index (κ1) is 23.9. The summed E-state index contributed by atoms with van der Waals surface area (Å²) >= 11 is 0. The highest BCUT2D eigenvalue weighted by atomic mass is 16.5. The Kier molecular flexibility index (Phi) is 10.8. The van der Waals surface area contributed by atoms with Crippen molar-refractivity contribution in [3.8, 4) is 0 Å². The molecule has 9 heteroatoms. The number of aliphatic imine (C=N–C) groups is 1. The fourth-order valence-electron chi connectivity index (χ4n) is 2.46. The van der Waals surface area contributed by atoms with Gasteiger partial charge in [0.15, 0.2) is 5.96 Å². The quantitative estimate of drug-likeness (QED) is 0.174. The highest BCUT2D eigenvalue weighted by Gasteiger charge is 2.24. The van der Waals surface area contributed by atoms with Crippen molar-refractivity contribution < 1.29 is 19.1 Å². The van der Waals surface area contributed by atoms with Crippen LogP contribution in [0.2, 0.25) is 0 Å². The summed E-state index contributed by atoms with van der Waals surface area (Å²) in [6.45, 7) is 4.43. The minimum Gasteiger partial charge on any atom is -0.449 e. The fourth-order valence-corrected chi connectivity index (χ4v) is 2.46. The Morgan fingerprint density at radius 3 is 2.45 bits per heavy atom. The third kappa shape index (κ3) is 10.7. The van der Waals surface area contributed by atoms with Crippen molar-refractivity contribution in [1.82, 2.24) is 10.6 Å². The van der Waals surface area contributed by atoms with E-state index in [1.165, 1.54) is 0 Å². The molecule has 2 atom stereocenters. The van der Waals surface area contributed by atoms with Crippen LogP contribution in [0.5, 0.6) is 0 Å². The van der Waals surface area contributed by atoms with Crippen LogP contribution in [0, 0.1) is 5.92 Å². The molecule has 1 aromatic carbocycles. The lowest BCUT2D eigenvalue weighted by Gasteiger charge is -2.21. The molecule has 0 spiro atoms. The molecule has 0 aliphatic rings. The zero-order valence-electron chi connectivity index (χ0n) is 17.0. The van der Waals surface area contributed by atoms with Crippen LogP contribution in [0.1, 0.15) is 32.3 Å². The van der Waals surface area contributed by atoms with E-state index in [2.05, 4.69) is 15.6 Å². The largest absolute Gasteiger partial charge is 0.449 e. The molecule has 29 heavy (non-hydrogen) atoms. The Labute approximate surface area is 171 Å². The molecule has 2 amide bonds. The fraction of sp³-hybridized carbons (Fsp3) is 0.500. The number of nitrogens with zero attached hydrogens (tertiary/aromatic N) is 1. The van der Waals surface area contributed by atoms with Crippen molar-refractivity contribution in [3.05, 3.63) is 35.9 Å². The second-order valence-electron chi connectivity index (χ2n) is 7.08. The van der Waals surface area contributed by atoms with Gasteiger partial charge in [-0.2, -0.15) is 0 Å². The maximum absolute atomic E-state index is 12.7. The number of guanidine groups is 1. The van der Waals surface area contributed by atoms with E-state index in [4.69, 9.17) is 16.2 Å². The van der Waals surface area contributed by atoms with Crippen molar-refractivity contribution in [2.75, 3.05) is 13.2 Å². The van der Waals surface area contributed by atoms with Crippen molar-refractivity contribution in [2.45, 2.75) is 45.2 Å². The van der Waals surface area contributed by atoms with Crippen molar-refractivity contribution in [1.29, 1.82) is 0 Å². The molecule has 6 N–H and O–H groups in total. The normalized spacial score (nSPS) is 12.5. The Bertz CT molecular complexity index is 675. The monoisotopic (exact) mass is 405 g/mol. The maximum Gasteiger partial charge on any atom is 0.407 e. The number of hydrogen-bond donors (Lipinski definition) is 4. The molecule has 0 unspecified atom stereocenters. The van der Waals surface area contributed by atoms with Crippen LogP contribution in [0.4, 0.5) is 4.79 Å². The highest BCUT2D eigenvalue weighted by molar-refractivity contribution is 5.87. The van der Waals surface area contributed by atoms with Gasteiger partial charge in [0, 0.05) is 13.0 Å². The third-order valence-electron chi connectivity index (χ3n) is 3.90. The SMILES string of the molecule is CC(C)COC(=O)N[C@@H](Cc1ccccc1)C(=O)N[C@H](C=O)CCCN=C(N)N. The molecule has 0 bridgehead atoms. The molecule has 0 aromatic heterocycles. The van der Waals surface area contributed by atoms with E-state index >= 15 is 0 Å². The van der Waals surface area contributed by atoms with E-state index in [-0.39, 0.29) is 24.9 Å². The van der Waals surface area contributed by atoms with Crippen LogP contribution >= 0.6 is 0 Å². The Hall–Kier alpha value is -3.10. The zero-order valence-corrected chi connectivity index (χ0v) is 17.0. The Morgan fingerprint density at radius 1 is 1.17 bits per heavy atom. The van der Waals surface area contributed by atoms with Crippen LogP contribution in [-0.2, 0) is 20.7 Å². The van der Waals surface area contributed by atoms with E-state index in [0.29, 0.717) is 25.7 Å². The number of amides is 2. The summed E-state index contributed by atoms with van der Waals surface area (Å²) in [7, 11) is 0. The molecule has 0 heterocycles. The molecule has 0 radical (unpaired) electrons. The molecule has 1 aromatic rings. The summed E-state index contributed by atoms with van der Waals surface area (Å²) in [5.74, 6) is -0.315. The molecular formula is C20H31N5O4. The van der Waals surface area contributed by atoms with Gasteiger partial charge in [0.2, 0.25) is 5.91 Å². The first-order valence-electron chi connectivity index (χ1n) is 9.60. The van der Waals surface area contributed by atoms with Gasteiger partial charge in [-0.15, -0.1) is 0 Å². The maximum atomic E-state index is 12.7. The number of ether oxygens (including phenoxy) is 1. The van der Waals surface area contributed by atoms with Crippen LogP contribution < -0.4 is 22.1 Å². The van der Waals surface area contributed by atoms with E-state index in [0.717, 1.165) is 5.56 Å². The molecular weight excluding hydrogens is 374 g/mol. The summed E-state index contributed by atoms with van der Waals surface area (Å²) < 4.78 is 5.12. The summed E-state index contributed by atoms with van der Waals surface area (Å²) in [4.78, 5) is 40.0. The average Bonchev–Trinajstić information content (AvgIpc) is 2.68. The molecule has 1 rings (SSSR count). The first-order chi connectivity index (χ1) is 13.8. The minimum atomic E-state index is -0.878. The smallest absolute Gasteiger partial charge is 0.407 e. The van der Waals surface area contributed by atoms with Gasteiger partial charge in [-0.3, -0.25) is 9.79 Å². The molecule has 160 valence electrons. The summed E-state index contributed by atoms with van der Waals surface area (Å²) in [5.41, 5.74) is 11.4. The Balaban J connectivity index is 2.73. The number of hydrogen-bond acceptors (Lipinski definition) is 5. The van der Waals surface area contributed by atoms with E-state index in [1.54, 1.807) is 0 Å². The predicted molar refractivity (Wildman–Crippen MR) is 111 cm³/mol. The number of nitrogens with two attached hydrogens (primary N) is 2. The van der Waals surface area contributed by atoms with Gasteiger partial charge in [-0.05, 0) is 24.3 Å². The topological polar surface area (TPSA) is 149 Å². The number of aldehydes is 1. The number of carbonyl (C=O) groups excluding carboxylic acids is 3. The van der Waals surface area contributed by atoms with Crippen LogP contribution in [0.25, 0.3) is 0 Å². The van der Waals surface area contributed by atoms with Gasteiger partial charge in [-0.25, -0.2) is 4.79 Å². The van der Waals surface area contributed by atoms with Gasteiger partial charge < -0.3 is 31.6 Å². The highest BCUT2D eigenvalue weighted by Crippen LogP contribution is 2.05. The summed E-state index contributed by atoms with van der Waals surface area (Å²) in [6.07, 6.45) is 1.15.